The van der Waals surface area contributed by atoms with Gasteiger partial charge >= 0.3 is 0 Å². The Morgan fingerprint density at radius 3 is 2.51 bits per heavy atom. The number of carbonyl (C=O) groups excluding carboxylic acids is 1. The van der Waals surface area contributed by atoms with Crippen LogP contribution in [0.15, 0.2) is 35.1 Å². The molecule has 3 heterocycles. The lowest BCUT2D eigenvalue weighted by Crippen LogP contribution is -2.34. The van der Waals surface area contributed by atoms with Crippen LogP contribution in [0.3, 0.4) is 0 Å². The van der Waals surface area contributed by atoms with Gasteiger partial charge in [0.15, 0.2) is 17.3 Å². The topological polar surface area (TPSA) is 104 Å². The number of benzene rings is 1. The molecule has 188 valence electrons. The third-order valence-corrected chi connectivity index (χ3v) is 6.34. The SMILES string of the molecule is COc1ccc(CN2CCc3nnc([C@@H](NC(=O)c4ccoc4)C(C)C)n3CC2)c(OC)c1OC. The van der Waals surface area contributed by atoms with Gasteiger partial charge < -0.3 is 28.5 Å². The highest BCUT2D eigenvalue weighted by Gasteiger charge is 2.28. The Morgan fingerprint density at radius 1 is 1.06 bits per heavy atom. The average Bonchev–Trinajstić information content (AvgIpc) is 3.50. The summed E-state index contributed by atoms with van der Waals surface area (Å²) in [5.74, 6) is 3.55. The van der Waals surface area contributed by atoms with Crippen molar-refractivity contribution in [2.45, 2.75) is 39.4 Å². The molecule has 0 saturated heterocycles. The number of hydrogen-bond donors (Lipinski definition) is 1. The second kappa shape index (κ2) is 10.8. The number of carbonyl (C=O) groups is 1. The first kappa shape index (κ1) is 24.6. The molecule has 1 atom stereocenters. The number of ether oxygens (including phenoxy) is 3. The summed E-state index contributed by atoms with van der Waals surface area (Å²) in [6.07, 6.45) is 3.69. The number of amides is 1. The normalized spacial score (nSPS) is 14.8. The van der Waals surface area contributed by atoms with E-state index in [1.54, 1.807) is 27.4 Å². The lowest BCUT2D eigenvalue weighted by Gasteiger charge is -2.24. The van der Waals surface area contributed by atoms with E-state index in [1.807, 2.05) is 12.1 Å². The van der Waals surface area contributed by atoms with E-state index >= 15 is 0 Å². The molecule has 0 fully saturated rings. The van der Waals surface area contributed by atoms with Gasteiger partial charge in [-0.25, -0.2) is 0 Å². The lowest BCUT2D eigenvalue weighted by atomic mass is 10.0. The Balaban J connectivity index is 1.51. The van der Waals surface area contributed by atoms with Crippen LogP contribution in [0.25, 0.3) is 0 Å². The van der Waals surface area contributed by atoms with Crippen LogP contribution in [-0.4, -0.2) is 60.0 Å². The zero-order chi connectivity index (χ0) is 24.9. The van der Waals surface area contributed by atoms with Crippen LogP contribution in [0.4, 0.5) is 0 Å². The molecule has 1 amide bonds. The summed E-state index contributed by atoms with van der Waals surface area (Å²) < 4.78 is 23.8. The standard InChI is InChI=1S/C25H33N5O5/c1-16(2)21(26-25(31)18-9-13-35-15-18)24-28-27-20-8-10-29(11-12-30(20)24)14-17-6-7-19(32-3)23(34-5)22(17)33-4/h6-7,9,13,15-16,21H,8,10-12,14H2,1-5H3,(H,26,31)/t21-/m0/s1. The summed E-state index contributed by atoms with van der Waals surface area (Å²) in [5, 5.41) is 12.1. The molecule has 1 aliphatic rings. The van der Waals surface area contributed by atoms with Crippen LogP contribution in [0, 0.1) is 5.92 Å². The highest BCUT2D eigenvalue weighted by molar-refractivity contribution is 5.94. The Hall–Kier alpha value is -3.53. The van der Waals surface area contributed by atoms with Gasteiger partial charge in [-0.2, -0.15) is 0 Å². The second-order valence-corrected chi connectivity index (χ2v) is 8.85. The zero-order valence-corrected chi connectivity index (χ0v) is 20.9. The predicted octanol–water partition coefficient (Wildman–Crippen LogP) is 3.08. The monoisotopic (exact) mass is 483 g/mol. The van der Waals surface area contributed by atoms with E-state index in [-0.39, 0.29) is 17.9 Å². The molecule has 0 spiro atoms. The summed E-state index contributed by atoms with van der Waals surface area (Å²) in [4.78, 5) is 15.1. The minimum Gasteiger partial charge on any atom is -0.493 e. The third kappa shape index (κ3) is 5.12. The smallest absolute Gasteiger partial charge is 0.255 e. The Morgan fingerprint density at radius 2 is 1.86 bits per heavy atom. The number of methoxy groups -OCH3 is 3. The van der Waals surface area contributed by atoms with E-state index in [1.165, 1.54) is 12.5 Å². The molecule has 0 radical (unpaired) electrons. The van der Waals surface area contributed by atoms with Crippen molar-refractivity contribution in [2.75, 3.05) is 34.4 Å². The lowest BCUT2D eigenvalue weighted by molar-refractivity contribution is 0.0921. The van der Waals surface area contributed by atoms with Crippen molar-refractivity contribution >= 4 is 5.91 Å². The number of fused-ring (bicyclic) bond motifs is 1. The van der Waals surface area contributed by atoms with E-state index < -0.39 is 0 Å². The molecule has 4 rings (SSSR count). The van der Waals surface area contributed by atoms with Crippen molar-refractivity contribution in [3.8, 4) is 17.2 Å². The Kier molecular flexibility index (Phi) is 7.60. The van der Waals surface area contributed by atoms with Crippen LogP contribution in [0.2, 0.25) is 0 Å². The summed E-state index contributed by atoms with van der Waals surface area (Å²) in [6, 6.07) is 5.29. The summed E-state index contributed by atoms with van der Waals surface area (Å²) in [6.45, 7) is 7.17. The molecule has 1 aromatic carbocycles. The van der Waals surface area contributed by atoms with Crippen LogP contribution >= 0.6 is 0 Å². The number of hydrogen-bond acceptors (Lipinski definition) is 8. The van der Waals surface area contributed by atoms with Crippen molar-refractivity contribution < 1.29 is 23.4 Å². The average molecular weight is 484 g/mol. The summed E-state index contributed by atoms with van der Waals surface area (Å²) in [5.41, 5.74) is 1.51. The van der Waals surface area contributed by atoms with Crippen molar-refractivity contribution in [3.63, 3.8) is 0 Å². The maximum absolute atomic E-state index is 12.7. The quantitative estimate of drug-likeness (QED) is 0.495. The second-order valence-electron chi connectivity index (χ2n) is 8.85. The number of furan rings is 1. The summed E-state index contributed by atoms with van der Waals surface area (Å²) in [7, 11) is 4.86. The first-order chi connectivity index (χ1) is 17.0. The minimum absolute atomic E-state index is 0.134. The van der Waals surface area contributed by atoms with Gasteiger partial charge in [-0.05, 0) is 18.1 Å². The molecule has 1 N–H and O–H groups in total. The van der Waals surface area contributed by atoms with Gasteiger partial charge in [-0.15, -0.1) is 10.2 Å². The third-order valence-electron chi connectivity index (χ3n) is 6.34. The molecule has 0 aliphatic carbocycles. The highest BCUT2D eigenvalue weighted by Crippen LogP contribution is 2.40. The van der Waals surface area contributed by atoms with E-state index in [4.69, 9.17) is 18.6 Å². The molecule has 1 aliphatic heterocycles. The molecule has 10 heteroatoms. The van der Waals surface area contributed by atoms with E-state index in [0.717, 1.165) is 43.3 Å². The Bertz CT molecular complexity index is 1140. The maximum Gasteiger partial charge on any atom is 0.255 e. The number of nitrogens with zero attached hydrogens (tertiary/aromatic N) is 4. The first-order valence-electron chi connectivity index (χ1n) is 11.7. The first-order valence-corrected chi connectivity index (χ1v) is 11.7. The van der Waals surface area contributed by atoms with Gasteiger partial charge in [0.25, 0.3) is 5.91 Å². The molecule has 0 unspecified atom stereocenters. The predicted molar refractivity (Wildman–Crippen MR) is 129 cm³/mol. The van der Waals surface area contributed by atoms with Crippen LogP contribution in [0.5, 0.6) is 17.2 Å². The van der Waals surface area contributed by atoms with Crippen LogP contribution in [-0.2, 0) is 19.5 Å². The zero-order valence-electron chi connectivity index (χ0n) is 20.9. The van der Waals surface area contributed by atoms with Crippen LogP contribution in [0.1, 0.15) is 47.5 Å². The minimum atomic E-state index is -0.267. The molecule has 10 nitrogen and oxygen atoms in total. The number of rotatable bonds is 9. The van der Waals surface area contributed by atoms with Crippen molar-refractivity contribution in [2.24, 2.45) is 5.92 Å². The molecule has 2 aromatic heterocycles. The van der Waals surface area contributed by atoms with E-state index in [2.05, 4.69) is 38.8 Å². The van der Waals surface area contributed by atoms with Gasteiger partial charge in [-0.1, -0.05) is 19.9 Å². The summed E-state index contributed by atoms with van der Waals surface area (Å²) >= 11 is 0. The maximum atomic E-state index is 12.7. The van der Waals surface area contributed by atoms with Gasteiger partial charge in [0, 0.05) is 38.2 Å². The fraction of sp³-hybridized carbons (Fsp3) is 0.480. The van der Waals surface area contributed by atoms with Crippen LogP contribution < -0.4 is 19.5 Å². The molecule has 0 saturated carbocycles. The number of nitrogens with one attached hydrogen (secondary N) is 1. The van der Waals surface area contributed by atoms with Crippen molar-refractivity contribution in [3.05, 3.63) is 53.5 Å². The van der Waals surface area contributed by atoms with E-state index in [0.29, 0.717) is 29.4 Å². The van der Waals surface area contributed by atoms with Gasteiger partial charge in [0.05, 0.1) is 39.2 Å². The molecular weight excluding hydrogens is 450 g/mol. The largest absolute Gasteiger partial charge is 0.493 e. The Labute approximate surface area is 205 Å². The van der Waals surface area contributed by atoms with Gasteiger partial charge in [-0.3, -0.25) is 9.69 Å². The van der Waals surface area contributed by atoms with Crippen molar-refractivity contribution in [1.82, 2.24) is 25.0 Å². The molecular formula is C25H33N5O5. The molecule has 35 heavy (non-hydrogen) atoms. The fourth-order valence-electron chi connectivity index (χ4n) is 4.45. The molecule has 3 aromatic rings. The fourth-order valence-corrected chi connectivity index (χ4v) is 4.45. The molecule has 0 bridgehead atoms. The highest BCUT2D eigenvalue weighted by atomic mass is 16.5. The van der Waals surface area contributed by atoms with Gasteiger partial charge in [0.2, 0.25) is 5.75 Å². The van der Waals surface area contributed by atoms with E-state index in [9.17, 15) is 4.79 Å². The van der Waals surface area contributed by atoms with Crippen molar-refractivity contribution in [1.29, 1.82) is 0 Å². The number of aromatic nitrogens is 3. The van der Waals surface area contributed by atoms with Gasteiger partial charge in [0.1, 0.15) is 12.1 Å².